The smallest absolute Gasteiger partial charge is 0.325 e. The molecule has 0 radical (unpaired) electrons. The number of piperidine rings is 1. The molecule has 28 heavy (non-hydrogen) atoms. The van der Waals surface area contributed by atoms with Crippen LogP contribution in [-0.4, -0.2) is 35.0 Å². The van der Waals surface area contributed by atoms with Crippen molar-refractivity contribution in [3.8, 4) is 0 Å². The molecule has 148 valence electrons. The van der Waals surface area contributed by atoms with Gasteiger partial charge in [0.25, 0.3) is 5.56 Å². The molecule has 2 aliphatic rings. The molecule has 2 unspecified atom stereocenters. The van der Waals surface area contributed by atoms with Gasteiger partial charge in [-0.2, -0.15) is 13.2 Å². The van der Waals surface area contributed by atoms with E-state index in [2.05, 4.69) is 5.32 Å². The molecule has 1 fully saturated rings. The molecule has 1 aromatic heterocycles. The number of hydrogen-bond donors (Lipinski definition) is 1. The molecule has 1 saturated heterocycles. The van der Waals surface area contributed by atoms with Gasteiger partial charge in [-0.25, -0.2) is 0 Å². The summed E-state index contributed by atoms with van der Waals surface area (Å²) < 4.78 is 40.3. The van der Waals surface area contributed by atoms with Crippen molar-refractivity contribution in [1.82, 2.24) is 9.47 Å². The molecule has 1 aromatic carbocycles. The first-order valence-corrected chi connectivity index (χ1v) is 9.19. The third-order valence-corrected chi connectivity index (χ3v) is 5.40. The monoisotopic (exact) mass is 391 g/mol. The third-order valence-electron chi connectivity index (χ3n) is 5.40. The van der Waals surface area contributed by atoms with E-state index < -0.39 is 11.7 Å². The lowest BCUT2D eigenvalue weighted by atomic mass is 9.83. The van der Waals surface area contributed by atoms with E-state index in [1.807, 2.05) is 15.5 Å². The Morgan fingerprint density at radius 3 is 2.68 bits per heavy atom. The topological polar surface area (TPSA) is 54.3 Å². The number of hydrogen-bond acceptors (Lipinski definition) is 3. The summed E-state index contributed by atoms with van der Waals surface area (Å²) in [5.41, 5.74) is 0.337. The number of rotatable bonds is 3. The molecule has 2 aromatic rings. The molecule has 2 atom stereocenters. The number of alkyl halides is 3. The lowest BCUT2D eigenvalue weighted by Crippen LogP contribution is -2.49. The van der Waals surface area contributed by atoms with Gasteiger partial charge in [-0.15, -0.1) is 0 Å². The van der Waals surface area contributed by atoms with E-state index in [1.165, 1.54) is 12.1 Å². The Hall–Kier alpha value is -2.61. The summed E-state index contributed by atoms with van der Waals surface area (Å²) in [4.78, 5) is 26.4. The van der Waals surface area contributed by atoms with Gasteiger partial charge in [-0.1, -0.05) is 12.1 Å². The second-order valence-corrected chi connectivity index (χ2v) is 7.52. The number of pyridine rings is 1. The number of nitrogens with one attached hydrogen (secondary N) is 1. The summed E-state index contributed by atoms with van der Waals surface area (Å²) >= 11 is 0. The number of amides is 1. The van der Waals surface area contributed by atoms with Crippen molar-refractivity contribution in [3.63, 3.8) is 0 Å². The van der Waals surface area contributed by atoms with Crippen LogP contribution in [0.5, 0.6) is 0 Å². The summed E-state index contributed by atoms with van der Waals surface area (Å²) in [5.74, 6) is 0.125. The highest BCUT2D eigenvalue weighted by Gasteiger charge is 2.35. The predicted octanol–water partition coefficient (Wildman–Crippen LogP) is 2.92. The highest BCUT2D eigenvalue weighted by Crippen LogP contribution is 2.35. The van der Waals surface area contributed by atoms with Crippen LogP contribution in [0.1, 0.15) is 23.6 Å². The lowest BCUT2D eigenvalue weighted by Gasteiger charge is -2.42. The van der Waals surface area contributed by atoms with E-state index in [1.54, 1.807) is 12.1 Å². The van der Waals surface area contributed by atoms with Gasteiger partial charge in [-0.3, -0.25) is 14.5 Å². The molecule has 5 nitrogen and oxygen atoms in total. The SMILES string of the molecule is O=C(CN1CC2CC(C1)c1cccc(=O)n1C2)Nc1cccc(C(F)(F)F)c1. The second-order valence-electron chi connectivity index (χ2n) is 7.52. The van der Waals surface area contributed by atoms with E-state index in [9.17, 15) is 22.8 Å². The minimum atomic E-state index is -4.45. The fourth-order valence-corrected chi connectivity index (χ4v) is 4.30. The van der Waals surface area contributed by atoms with Crippen LogP contribution < -0.4 is 10.9 Å². The van der Waals surface area contributed by atoms with Crippen LogP contribution in [0.15, 0.2) is 47.3 Å². The van der Waals surface area contributed by atoms with E-state index in [0.717, 1.165) is 24.2 Å². The first-order chi connectivity index (χ1) is 13.3. The van der Waals surface area contributed by atoms with Gasteiger partial charge < -0.3 is 9.88 Å². The van der Waals surface area contributed by atoms with Crippen molar-refractivity contribution < 1.29 is 18.0 Å². The average Bonchev–Trinajstić information content (AvgIpc) is 2.62. The molecule has 2 bridgehead atoms. The van der Waals surface area contributed by atoms with Crippen LogP contribution in [0.25, 0.3) is 0 Å². The van der Waals surface area contributed by atoms with Crippen molar-refractivity contribution in [2.75, 3.05) is 25.0 Å². The Morgan fingerprint density at radius 1 is 1.11 bits per heavy atom. The van der Waals surface area contributed by atoms with Gasteiger partial charge in [0.1, 0.15) is 0 Å². The Labute approximate surface area is 159 Å². The van der Waals surface area contributed by atoms with Gasteiger partial charge in [0, 0.05) is 43.0 Å². The Balaban J connectivity index is 1.42. The Morgan fingerprint density at radius 2 is 1.89 bits per heavy atom. The van der Waals surface area contributed by atoms with E-state index in [0.29, 0.717) is 19.6 Å². The van der Waals surface area contributed by atoms with Crippen molar-refractivity contribution in [1.29, 1.82) is 0 Å². The predicted molar refractivity (Wildman–Crippen MR) is 98.1 cm³/mol. The number of anilines is 1. The summed E-state index contributed by atoms with van der Waals surface area (Å²) in [6, 6.07) is 9.90. The van der Waals surface area contributed by atoms with Crippen LogP contribution in [0, 0.1) is 5.92 Å². The summed E-state index contributed by atoms with van der Waals surface area (Å²) in [7, 11) is 0. The molecule has 1 amide bonds. The molecular weight excluding hydrogens is 371 g/mol. The van der Waals surface area contributed by atoms with E-state index in [4.69, 9.17) is 0 Å². The lowest BCUT2D eigenvalue weighted by molar-refractivity contribution is -0.137. The highest BCUT2D eigenvalue weighted by molar-refractivity contribution is 5.92. The number of aromatic nitrogens is 1. The summed E-state index contributed by atoms with van der Waals surface area (Å²) in [6.07, 6.45) is -3.47. The minimum Gasteiger partial charge on any atom is -0.325 e. The van der Waals surface area contributed by atoms with Gasteiger partial charge in [0.05, 0.1) is 12.1 Å². The van der Waals surface area contributed by atoms with Crippen molar-refractivity contribution in [2.45, 2.75) is 25.1 Å². The quantitative estimate of drug-likeness (QED) is 0.876. The van der Waals surface area contributed by atoms with Crippen LogP contribution >= 0.6 is 0 Å². The summed E-state index contributed by atoms with van der Waals surface area (Å²) in [5, 5.41) is 2.56. The maximum atomic E-state index is 12.8. The van der Waals surface area contributed by atoms with Crippen LogP contribution in [0.2, 0.25) is 0 Å². The normalized spacial score (nSPS) is 21.8. The third kappa shape index (κ3) is 3.82. The molecule has 0 spiro atoms. The number of nitrogens with zero attached hydrogens (tertiary/aromatic N) is 2. The minimum absolute atomic E-state index is 0.00272. The number of carbonyl (C=O) groups excluding carboxylic acids is 1. The molecule has 8 heteroatoms. The number of benzene rings is 1. The van der Waals surface area contributed by atoms with E-state index >= 15 is 0 Å². The average molecular weight is 391 g/mol. The Bertz CT molecular complexity index is 954. The zero-order valence-corrected chi connectivity index (χ0v) is 15.1. The van der Waals surface area contributed by atoms with Crippen LogP contribution in [0.3, 0.4) is 0 Å². The largest absolute Gasteiger partial charge is 0.416 e. The fraction of sp³-hybridized carbons (Fsp3) is 0.400. The van der Waals surface area contributed by atoms with Crippen LogP contribution in [-0.2, 0) is 17.5 Å². The molecule has 0 saturated carbocycles. The molecule has 3 heterocycles. The highest BCUT2D eigenvalue weighted by atomic mass is 19.4. The first kappa shape index (κ1) is 18.7. The van der Waals surface area contributed by atoms with Crippen molar-refractivity contribution in [2.24, 2.45) is 5.92 Å². The molecule has 1 N–H and O–H groups in total. The number of halogens is 3. The number of carbonyl (C=O) groups is 1. The van der Waals surface area contributed by atoms with Crippen LogP contribution in [0.4, 0.5) is 18.9 Å². The second kappa shape index (κ2) is 7.09. The number of fused-ring (bicyclic) bond motifs is 4. The standard InChI is InChI=1S/C20H20F3N3O2/c21-20(22,23)15-3-1-4-16(8-15)24-18(27)12-25-9-13-7-14(11-25)17-5-2-6-19(28)26(17)10-13/h1-6,8,13-14H,7,9-12H2,(H,24,27). The molecule has 4 rings (SSSR count). The summed E-state index contributed by atoms with van der Waals surface area (Å²) in [6.45, 7) is 2.08. The molecule has 0 aliphatic carbocycles. The zero-order valence-electron chi connectivity index (χ0n) is 15.1. The molecule has 2 aliphatic heterocycles. The van der Waals surface area contributed by atoms with Crippen molar-refractivity contribution in [3.05, 3.63) is 64.1 Å². The van der Waals surface area contributed by atoms with Gasteiger partial charge in [0.2, 0.25) is 5.91 Å². The maximum absolute atomic E-state index is 12.8. The zero-order chi connectivity index (χ0) is 19.9. The van der Waals surface area contributed by atoms with Gasteiger partial charge >= 0.3 is 6.18 Å². The molecular formula is C20H20F3N3O2. The fourth-order valence-electron chi connectivity index (χ4n) is 4.30. The number of likely N-dealkylation sites (tertiary alicyclic amines) is 1. The van der Waals surface area contributed by atoms with Crippen molar-refractivity contribution >= 4 is 11.6 Å². The van der Waals surface area contributed by atoms with Gasteiger partial charge in [0.15, 0.2) is 0 Å². The Kier molecular flexibility index (Phi) is 4.74. The maximum Gasteiger partial charge on any atom is 0.416 e. The van der Waals surface area contributed by atoms with E-state index in [-0.39, 0.29) is 35.5 Å². The van der Waals surface area contributed by atoms with Gasteiger partial charge in [-0.05, 0) is 36.6 Å². The first-order valence-electron chi connectivity index (χ1n) is 9.19.